The third-order valence-electron chi connectivity index (χ3n) is 2.97. The maximum absolute atomic E-state index is 4.25. The smallest absolute Gasteiger partial charge is 0.142 e. The largest absolute Gasteiger partial charge is 0.178 e. The molecule has 1 saturated carbocycles. The van der Waals surface area contributed by atoms with Gasteiger partial charge in [0.15, 0.2) is 3.01 Å². The molecule has 4 heteroatoms. The molecule has 0 aromatic carbocycles. The summed E-state index contributed by atoms with van der Waals surface area (Å²) in [6, 6.07) is 0. The average Bonchev–Trinajstić information content (AvgIpc) is 2.56. The first-order valence-corrected chi connectivity index (χ1v) is 6.48. The van der Waals surface area contributed by atoms with E-state index in [-0.39, 0.29) is 0 Å². The third kappa shape index (κ3) is 1.88. The lowest BCUT2D eigenvalue weighted by Crippen LogP contribution is -2.15. The molecule has 2 nitrogen and oxygen atoms in total. The van der Waals surface area contributed by atoms with Crippen molar-refractivity contribution in [1.29, 1.82) is 0 Å². The molecule has 13 heavy (non-hydrogen) atoms. The fraction of sp³-hybridized carbons (Fsp3) is 0.778. The number of hydrogen-bond acceptors (Lipinski definition) is 3. The molecule has 1 fully saturated rings. The summed E-state index contributed by atoms with van der Waals surface area (Å²) < 4.78 is 1.07. The van der Waals surface area contributed by atoms with Gasteiger partial charge in [0.1, 0.15) is 5.01 Å². The summed E-state index contributed by atoms with van der Waals surface area (Å²) in [6.07, 6.45) is 3.96. The number of rotatable bonds is 1. The maximum atomic E-state index is 4.25. The van der Waals surface area contributed by atoms with Crippen molar-refractivity contribution in [3.05, 3.63) is 8.02 Å². The summed E-state index contributed by atoms with van der Waals surface area (Å²) in [4.78, 5) is 0. The second-order valence-electron chi connectivity index (χ2n) is 4.33. The number of aromatic nitrogens is 2. The molecule has 0 N–H and O–H groups in total. The molecule has 1 unspecified atom stereocenters. The lowest BCUT2D eigenvalue weighted by Gasteiger charge is -2.24. The summed E-state index contributed by atoms with van der Waals surface area (Å²) in [5, 5.41) is 9.58. The van der Waals surface area contributed by atoms with Crippen molar-refractivity contribution < 1.29 is 0 Å². The van der Waals surface area contributed by atoms with Gasteiger partial charge in [-0.15, -0.1) is 10.2 Å². The predicted octanol–water partition coefficient (Wildman–Crippen LogP) is 3.44. The standard InChI is InChI=1S/C9H13IN2S/c1-9(2)5-3-4-6(9)7-11-12-8(10)13-7/h6H,3-5H2,1-2H3. The van der Waals surface area contributed by atoms with Gasteiger partial charge in [0, 0.05) is 5.92 Å². The van der Waals surface area contributed by atoms with Crippen molar-refractivity contribution in [2.24, 2.45) is 5.41 Å². The molecule has 1 aliphatic rings. The van der Waals surface area contributed by atoms with Crippen LogP contribution in [0.5, 0.6) is 0 Å². The van der Waals surface area contributed by atoms with Gasteiger partial charge in [-0.05, 0) is 40.8 Å². The van der Waals surface area contributed by atoms with Crippen molar-refractivity contribution in [2.75, 3.05) is 0 Å². The molecule has 0 amide bonds. The second-order valence-corrected chi connectivity index (χ2v) is 7.09. The van der Waals surface area contributed by atoms with Crippen molar-refractivity contribution in [2.45, 2.75) is 39.0 Å². The first kappa shape index (κ1) is 9.83. The van der Waals surface area contributed by atoms with E-state index < -0.39 is 0 Å². The van der Waals surface area contributed by atoms with Gasteiger partial charge >= 0.3 is 0 Å². The van der Waals surface area contributed by atoms with Gasteiger partial charge in [-0.25, -0.2) is 0 Å². The number of halogens is 1. The Labute approximate surface area is 96.3 Å². The maximum Gasteiger partial charge on any atom is 0.178 e. The fourth-order valence-corrected chi connectivity index (χ4v) is 3.84. The Balaban J connectivity index is 2.26. The Morgan fingerprint density at radius 3 is 2.69 bits per heavy atom. The van der Waals surface area contributed by atoms with Crippen LogP contribution in [0.25, 0.3) is 0 Å². The van der Waals surface area contributed by atoms with Gasteiger partial charge in [-0.2, -0.15) is 0 Å². The minimum absolute atomic E-state index is 0.433. The molecule has 0 bridgehead atoms. The molecule has 0 saturated heterocycles. The van der Waals surface area contributed by atoms with E-state index in [1.54, 1.807) is 11.3 Å². The van der Waals surface area contributed by atoms with E-state index in [1.165, 1.54) is 24.3 Å². The summed E-state index contributed by atoms with van der Waals surface area (Å²) in [7, 11) is 0. The molecule has 0 aliphatic heterocycles. The van der Waals surface area contributed by atoms with Crippen LogP contribution >= 0.6 is 33.9 Å². The summed E-state index contributed by atoms with van der Waals surface area (Å²) >= 11 is 4.00. The van der Waals surface area contributed by atoms with Gasteiger partial charge < -0.3 is 0 Å². The van der Waals surface area contributed by atoms with Crippen LogP contribution in [0, 0.1) is 8.43 Å². The first-order chi connectivity index (χ1) is 6.09. The van der Waals surface area contributed by atoms with Crippen LogP contribution in [0.2, 0.25) is 0 Å². The van der Waals surface area contributed by atoms with Crippen molar-refractivity contribution in [1.82, 2.24) is 10.2 Å². The van der Waals surface area contributed by atoms with E-state index in [2.05, 4.69) is 46.6 Å². The van der Waals surface area contributed by atoms with Gasteiger partial charge in [-0.3, -0.25) is 0 Å². The Kier molecular flexibility index (Phi) is 2.61. The van der Waals surface area contributed by atoms with E-state index in [0.717, 1.165) is 3.01 Å². The molecule has 1 heterocycles. The Hall–Kier alpha value is 0.290. The molecule has 1 aromatic heterocycles. The number of hydrogen-bond donors (Lipinski definition) is 0. The Morgan fingerprint density at radius 1 is 1.46 bits per heavy atom. The highest BCUT2D eigenvalue weighted by Crippen LogP contribution is 2.49. The lowest BCUT2D eigenvalue weighted by molar-refractivity contribution is 0.330. The predicted molar refractivity (Wildman–Crippen MR) is 63.0 cm³/mol. The van der Waals surface area contributed by atoms with Crippen LogP contribution in [0.15, 0.2) is 0 Å². The van der Waals surface area contributed by atoms with Crippen molar-refractivity contribution in [3.63, 3.8) is 0 Å². The normalized spacial score (nSPS) is 26.5. The zero-order valence-corrected chi connectivity index (χ0v) is 10.9. The lowest BCUT2D eigenvalue weighted by atomic mass is 9.82. The third-order valence-corrected chi connectivity index (χ3v) is 4.67. The highest BCUT2D eigenvalue weighted by Gasteiger charge is 2.37. The van der Waals surface area contributed by atoms with E-state index in [1.807, 2.05) is 0 Å². The molecule has 2 rings (SSSR count). The van der Waals surface area contributed by atoms with Gasteiger partial charge in [0.05, 0.1) is 0 Å². The fourth-order valence-electron chi connectivity index (χ4n) is 2.14. The molecule has 0 spiro atoms. The molecule has 1 aliphatic carbocycles. The quantitative estimate of drug-likeness (QED) is 0.743. The van der Waals surface area contributed by atoms with Crippen LogP contribution in [0.4, 0.5) is 0 Å². The van der Waals surface area contributed by atoms with Crippen LogP contribution < -0.4 is 0 Å². The van der Waals surface area contributed by atoms with Crippen molar-refractivity contribution >= 4 is 33.9 Å². The SMILES string of the molecule is CC1(C)CCCC1c1nnc(I)s1. The van der Waals surface area contributed by atoms with Gasteiger partial charge in [-0.1, -0.05) is 31.6 Å². The van der Waals surface area contributed by atoms with E-state index in [0.29, 0.717) is 11.3 Å². The van der Waals surface area contributed by atoms with Crippen LogP contribution in [0.3, 0.4) is 0 Å². The highest BCUT2D eigenvalue weighted by atomic mass is 127. The first-order valence-electron chi connectivity index (χ1n) is 4.58. The minimum Gasteiger partial charge on any atom is -0.142 e. The Morgan fingerprint density at radius 2 is 2.23 bits per heavy atom. The molecular weight excluding hydrogens is 295 g/mol. The second kappa shape index (κ2) is 3.46. The zero-order chi connectivity index (χ0) is 9.47. The molecule has 1 aromatic rings. The van der Waals surface area contributed by atoms with Gasteiger partial charge in [0.25, 0.3) is 0 Å². The van der Waals surface area contributed by atoms with Crippen LogP contribution in [0.1, 0.15) is 44.0 Å². The average molecular weight is 308 g/mol. The van der Waals surface area contributed by atoms with Gasteiger partial charge in [0.2, 0.25) is 0 Å². The zero-order valence-electron chi connectivity index (χ0n) is 7.88. The van der Waals surface area contributed by atoms with E-state index in [9.17, 15) is 0 Å². The summed E-state index contributed by atoms with van der Waals surface area (Å²) in [5.74, 6) is 0.647. The topological polar surface area (TPSA) is 25.8 Å². The van der Waals surface area contributed by atoms with E-state index >= 15 is 0 Å². The molecule has 1 atom stereocenters. The van der Waals surface area contributed by atoms with E-state index in [4.69, 9.17) is 0 Å². The number of nitrogens with zero attached hydrogens (tertiary/aromatic N) is 2. The minimum atomic E-state index is 0.433. The molecular formula is C9H13IN2S. The Bertz CT molecular complexity index is 308. The summed E-state index contributed by atoms with van der Waals surface area (Å²) in [6.45, 7) is 4.69. The van der Waals surface area contributed by atoms with Crippen molar-refractivity contribution in [3.8, 4) is 0 Å². The van der Waals surface area contributed by atoms with Crippen LogP contribution in [-0.2, 0) is 0 Å². The molecule has 72 valence electrons. The molecule has 0 radical (unpaired) electrons. The monoisotopic (exact) mass is 308 g/mol. The summed E-state index contributed by atoms with van der Waals surface area (Å²) in [5.41, 5.74) is 0.433. The van der Waals surface area contributed by atoms with Crippen LogP contribution in [-0.4, -0.2) is 10.2 Å². The highest BCUT2D eigenvalue weighted by molar-refractivity contribution is 14.1.